The van der Waals surface area contributed by atoms with Gasteiger partial charge in [-0.1, -0.05) is 78.9 Å². The van der Waals surface area contributed by atoms with Crippen LogP contribution < -0.4 is 10.6 Å². The van der Waals surface area contributed by atoms with Crippen LogP contribution >= 0.6 is 11.8 Å². The molecular weight excluding hydrogens is 516 g/mol. The molecule has 1 aliphatic rings. The zero-order chi connectivity index (χ0) is 28.1. The lowest BCUT2D eigenvalue weighted by atomic mass is 9.93. The van der Waals surface area contributed by atoms with E-state index in [0.29, 0.717) is 18.5 Å². The third-order valence-electron chi connectivity index (χ3n) is 7.51. The molecule has 0 bridgehead atoms. The van der Waals surface area contributed by atoms with Crippen LogP contribution in [0.15, 0.2) is 91.0 Å². The fourth-order valence-electron chi connectivity index (χ4n) is 5.46. The van der Waals surface area contributed by atoms with Gasteiger partial charge < -0.3 is 15.4 Å². The van der Waals surface area contributed by atoms with Gasteiger partial charge in [-0.25, -0.2) is 4.79 Å². The lowest BCUT2D eigenvalue weighted by Gasteiger charge is -2.20. The van der Waals surface area contributed by atoms with E-state index in [1.807, 2.05) is 49.6 Å². The first-order valence-electron chi connectivity index (χ1n) is 13.5. The Hall–Kier alpha value is -3.87. The number of hydrogen-bond acceptors (Lipinski definition) is 5. The van der Waals surface area contributed by atoms with Crippen molar-refractivity contribution >= 4 is 23.6 Å². The maximum absolute atomic E-state index is 13.6. The number of carbonyl (C=O) groups is 2. The second kappa shape index (κ2) is 12.5. The van der Waals surface area contributed by atoms with Crippen molar-refractivity contribution in [1.82, 2.24) is 10.6 Å². The van der Waals surface area contributed by atoms with Crippen molar-refractivity contribution in [3.8, 4) is 22.3 Å². The molecule has 2 N–H and O–H groups in total. The van der Waals surface area contributed by atoms with Crippen molar-refractivity contribution in [1.29, 1.82) is 0 Å². The fourth-order valence-corrected chi connectivity index (χ4v) is 5.93. The lowest BCUT2D eigenvalue weighted by molar-refractivity contribution is -0.142. The number of thioether (sulfide) groups is 1. The predicted molar refractivity (Wildman–Crippen MR) is 163 cm³/mol. The van der Waals surface area contributed by atoms with Gasteiger partial charge in [0, 0.05) is 12.1 Å². The van der Waals surface area contributed by atoms with E-state index in [4.69, 9.17) is 4.74 Å². The van der Waals surface area contributed by atoms with Crippen LogP contribution in [0.25, 0.3) is 22.3 Å². The molecule has 1 amide bonds. The van der Waals surface area contributed by atoms with Crippen LogP contribution in [0.2, 0.25) is 0 Å². The van der Waals surface area contributed by atoms with Crippen LogP contribution in [0, 0.1) is 6.92 Å². The van der Waals surface area contributed by atoms with Gasteiger partial charge in [-0.3, -0.25) is 4.79 Å². The standard InChI is InChI=1S/C34H34N2O3S/c1-22-10-4-5-11-24(22)30-20-23(16-17-29(30)33(37)36-31(18-19-40-3)34(38)39-2)21-35-32-27-14-8-6-12-25(27)26-13-7-9-15-28(26)32/h4-17,20,31-32,35H,18-19,21H2,1-3H3,(H,36,37). The first-order valence-corrected chi connectivity index (χ1v) is 14.9. The number of nitrogens with one attached hydrogen (secondary N) is 2. The van der Waals surface area contributed by atoms with Gasteiger partial charge in [0.15, 0.2) is 0 Å². The number of hydrogen-bond donors (Lipinski definition) is 2. The van der Waals surface area contributed by atoms with Crippen molar-refractivity contribution in [3.05, 3.63) is 119 Å². The number of rotatable bonds is 10. The Morgan fingerprint density at radius 2 is 1.48 bits per heavy atom. The fraction of sp³-hybridized carbons (Fsp3) is 0.235. The number of ether oxygens (including phenoxy) is 1. The third kappa shape index (κ3) is 5.69. The molecule has 0 saturated heterocycles. The molecular formula is C34H34N2O3S. The molecule has 6 heteroatoms. The summed E-state index contributed by atoms with van der Waals surface area (Å²) < 4.78 is 4.96. The SMILES string of the molecule is COC(=O)C(CCSC)NC(=O)c1ccc(CNC2c3ccccc3-c3ccccc32)cc1-c1ccccc1C. The summed E-state index contributed by atoms with van der Waals surface area (Å²) >= 11 is 1.63. The number of carbonyl (C=O) groups excluding carboxylic acids is 2. The van der Waals surface area contributed by atoms with Crippen molar-refractivity contribution < 1.29 is 14.3 Å². The molecule has 0 saturated carbocycles. The molecule has 0 spiro atoms. The summed E-state index contributed by atoms with van der Waals surface area (Å²) in [4.78, 5) is 25.9. The van der Waals surface area contributed by atoms with Crippen molar-refractivity contribution in [2.45, 2.75) is 32.0 Å². The smallest absolute Gasteiger partial charge is 0.328 e. The highest BCUT2D eigenvalue weighted by Gasteiger charge is 2.28. The minimum Gasteiger partial charge on any atom is -0.467 e. The molecule has 1 unspecified atom stereocenters. The Morgan fingerprint density at radius 1 is 0.850 bits per heavy atom. The highest BCUT2D eigenvalue weighted by atomic mass is 32.2. The summed E-state index contributed by atoms with van der Waals surface area (Å²) in [7, 11) is 1.35. The number of benzene rings is 4. The Kier molecular flexibility index (Phi) is 8.68. The van der Waals surface area contributed by atoms with Crippen molar-refractivity contribution in [2.75, 3.05) is 19.1 Å². The van der Waals surface area contributed by atoms with Gasteiger partial charge in [0.25, 0.3) is 5.91 Å². The first kappa shape index (κ1) is 27.7. The molecule has 0 aromatic heterocycles. The molecule has 0 heterocycles. The monoisotopic (exact) mass is 550 g/mol. The van der Waals surface area contributed by atoms with Gasteiger partial charge in [0.1, 0.15) is 6.04 Å². The number of fused-ring (bicyclic) bond motifs is 3. The van der Waals surface area contributed by atoms with Crippen LogP contribution in [-0.2, 0) is 16.1 Å². The molecule has 204 valence electrons. The summed E-state index contributed by atoms with van der Waals surface area (Å²) in [5.41, 5.74) is 9.61. The van der Waals surface area contributed by atoms with Crippen LogP contribution in [0.5, 0.6) is 0 Å². The molecule has 1 atom stereocenters. The number of amides is 1. The van der Waals surface area contributed by atoms with E-state index < -0.39 is 12.0 Å². The lowest BCUT2D eigenvalue weighted by Crippen LogP contribution is -2.42. The molecule has 0 fully saturated rings. The molecule has 4 aromatic rings. The topological polar surface area (TPSA) is 67.4 Å². The largest absolute Gasteiger partial charge is 0.467 e. The van der Waals surface area contributed by atoms with Gasteiger partial charge in [-0.15, -0.1) is 0 Å². The van der Waals surface area contributed by atoms with Crippen LogP contribution in [-0.4, -0.2) is 37.0 Å². The molecule has 0 radical (unpaired) electrons. The van der Waals surface area contributed by atoms with E-state index in [0.717, 1.165) is 28.0 Å². The summed E-state index contributed by atoms with van der Waals surface area (Å²) in [6, 6.07) is 30.5. The summed E-state index contributed by atoms with van der Waals surface area (Å²) in [5, 5.41) is 6.69. The van der Waals surface area contributed by atoms with Gasteiger partial charge in [-0.05, 0) is 82.0 Å². The minimum atomic E-state index is -0.696. The van der Waals surface area contributed by atoms with Gasteiger partial charge in [-0.2, -0.15) is 11.8 Å². The zero-order valence-electron chi connectivity index (χ0n) is 23.1. The van der Waals surface area contributed by atoms with Crippen LogP contribution in [0.4, 0.5) is 0 Å². The van der Waals surface area contributed by atoms with E-state index in [1.165, 1.54) is 29.4 Å². The molecule has 4 aromatic carbocycles. The average molecular weight is 551 g/mol. The zero-order valence-corrected chi connectivity index (χ0v) is 23.9. The number of esters is 1. The molecule has 0 aliphatic heterocycles. The average Bonchev–Trinajstić information content (AvgIpc) is 3.31. The molecule has 5 rings (SSSR count). The Balaban J connectivity index is 1.45. The van der Waals surface area contributed by atoms with E-state index in [1.54, 1.807) is 11.8 Å². The summed E-state index contributed by atoms with van der Waals surface area (Å²) in [5.74, 6) is 0.0219. The van der Waals surface area contributed by atoms with E-state index >= 15 is 0 Å². The maximum atomic E-state index is 13.6. The summed E-state index contributed by atoms with van der Waals surface area (Å²) in [6.45, 7) is 2.68. The van der Waals surface area contributed by atoms with Gasteiger partial charge in [0.2, 0.25) is 0 Å². The molecule has 1 aliphatic carbocycles. The van der Waals surface area contributed by atoms with Gasteiger partial charge in [0.05, 0.1) is 13.2 Å². The quantitative estimate of drug-likeness (QED) is 0.219. The van der Waals surface area contributed by atoms with E-state index in [2.05, 4.69) is 65.2 Å². The van der Waals surface area contributed by atoms with Crippen LogP contribution in [0.3, 0.4) is 0 Å². The Bertz CT molecular complexity index is 1490. The summed E-state index contributed by atoms with van der Waals surface area (Å²) in [6.07, 6.45) is 2.48. The first-order chi connectivity index (χ1) is 19.5. The minimum absolute atomic E-state index is 0.0922. The van der Waals surface area contributed by atoms with E-state index in [9.17, 15) is 9.59 Å². The van der Waals surface area contributed by atoms with Crippen molar-refractivity contribution in [3.63, 3.8) is 0 Å². The number of aryl methyl sites for hydroxylation is 1. The van der Waals surface area contributed by atoms with Gasteiger partial charge >= 0.3 is 5.97 Å². The van der Waals surface area contributed by atoms with Crippen molar-refractivity contribution in [2.24, 2.45) is 0 Å². The normalized spacial score (nSPS) is 12.9. The predicted octanol–water partition coefficient (Wildman–Crippen LogP) is 6.55. The second-order valence-corrected chi connectivity index (χ2v) is 11.0. The highest BCUT2D eigenvalue weighted by molar-refractivity contribution is 7.98. The van der Waals surface area contributed by atoms with E-state index in [-0.39, 0.29) is 11.9 Å². The Morgan fingerprint density at radius 3 is 2.10 bits per heavy atom. The second-order valence-electron chi connectivity index (χ2n) is 10.0. The maximum Gasteiger partial charge on any atom is 0.328 e. The highest BCUT2D eigenvalue weighted by Crippen LogP contribution is 2.43. The third-order valence-corrected chi connectivity index (χ3v) is 8.15. The number of methoxy groups -OCH3 is 1. The Labute approximate surface area is 240 Å². The molecule has 5 nitrogen and oxygen atoms in total. The van der Waals surface area contributed by atoms with Crippen LogP contribution in [0.1, 0.15) is 45.1 Å². The molecule has 40 heavy (non-hydrogen) atoms.